The number of hydrogen-bond acceptors (Lipinski definition) is 5. The number of halogens is 1. The van der Waals surface area contributed by atoms with Gasteiger partial charge in [-0.2, -0.15) is 0 Å². The molecule has 0 radical (unpaired) electrons. The molecule has 0 aliphatic rings. The van der Waals surface area contributed by atoms with Gasteiger partial charge in [0, 0.05) is 35.9 Å². The second-order valence-corrected chi connectivity index (χ2v) is 5.63. The van der Waals surface area contributed by atoms with Crippen molar-refractivity contribution in [1.82, 2.24) is 19.9 Å². The molecule has 0 aliphatic carbocycles. The van der Waals surface area contributed by atoms with Crippen molar-refractivity contribution in [3.05, 3.63) is 79.1 Å². The van der Waals surface area contributed by atoms with Crippen LogP contribution in [0.2, 0.25) is 0 Å². The van der Waals surface area contributed by atoms with Gasteiger partial charge in [-0.05, 0) is 42.0 Å². The van der Waals surface area contributed by atoms with Crippen LogP contribution in [0.4, 0.5) is 10.2 Å². The minimum atomic E-state index is -0.313. The molecule has 28 heavy (non-hydrogen) atoms. The first-order chi connectivity index (χ1) is 13.7. The quantitative estimate of drug-likeness (QED) is 0.546. The fourth-order valence-electron chi connectivity index (χ4n) is 2.73. The predicted octanol–water partition coefficient (Wildman–Crippen LogP) is 5.02. The first-order valence-corrected chi connectivity index (χ1v) is 8.96. The van der Waals surface area contributed by atoms with E-state index in [0.717, 1.165) is 16.7 Å². The third kappa shape index (κ3) is 4.01. The van der Waals surface area contributed by atoms with Crippen molar-refractivity contribution in [2.45, 2.75) is 13.8 Å². The van der Waals surface area contributed by atoms with Crippen molar-refractivity contribution < 1.29 is 4.39 Å². The predicted molar refractivity (Wildman–Crippen MR) is 110 cm³/mol. The van der Waals surface area contributed by atoms with Crippen LogP contribution >= 0.6 is 0 Å². The van der Waals surface area contributed by atoms with Crippen molar-refractivity contribution in [3.63, 3.8) is 0 Å². The summed E-state index contributed by atoms with van der Waals surface area (Å²) >= 11 is 0. The highest BCUT2D eigenvalue weighted by Crippen LogP contribution is 2.35. The van der Waals surface area contributed by atoms with Crippen LogP contribution in [0.15, 0.2) is 73.3 Å². The van der Waals surface area contributed by atoms with E-state index in [1.165, 1.54) is 12.1 Å². The minimum absolute atomic E-state index is 0.313. The molecule has 0 aliphatic heterocycles. The molecule has 0 atom stereocenters. The van der Waals surface area contributed by atoms with Crippen LogP contribution in [0.3, 0.4) is 0 Å². The van der Waals surface area contributed by atoms with Crippen LogP contribution in [0.5, 0.6) is 0 Å². The van der Waals surface area contributed by atoms with E-state index in [1.807, 2.05) is 38.1 Å². The Morgan fingerprint density at radius 1 is 0.679 bits per heavy atom. The number of benzene rings is 1. The largest absolute Gasteiger partial charge is 0.383 e. The van der Waals surface area contributed by atoms with Crippen LogP contribution < -0.4 is 5.73 Å². The fraction of sp³-hybridized carbons (Fsp3) is 0.0909. The lowest BCUT2D eigenvalue weighted by Gasteiger charge is -2.14. The van der Waals surface area contributed by atoms with Crippen molar-refractivity contribution >= 4 is 5.82 Å². The second-order valence-electron chi connectivity index (χ2n) is 5.63. The van der Waals surface area contributed by atoms with Gasteiger partial charge in [0.2, 0.25) is 0 Å². The van der Waals surface area contributed by atoms with E-state index >= 15 is 0 Å². The van der Waals surface area contributed by atoms with Crippen molar-refractivity contribution in [3.8, 4) is 33.8 Å². The molecule has 0 unspecified atom stereocenters. The number of anilines is 1. The van der Waals surface area contributed by atoms with E-state index in [-0.39, 0.29) is 5.82 Å². The number of nitrogen functional groups attached to an aromatic ring is 1. The van der Waals surface area contributed by atoms with Gasteiger partial charge in [-0.1, -0.05) is 26.0 Å². The third-order valence-electron chi connectivity index (χ3n) is 3.96. The molecule has 140 valence electrons. The Morgan fingerprint density at radius 2 is 1.21 bits per heavy atom. The molecule has 0 saturated heterocycles. The van der Waals surface area contributed by atoms with Gasteiger partial charge in [0.25, 0.3) is 0 Å². The highest BCUT2D eigenvalue weighted by atomic mass is 19.1. The van der Waals surface area contributed by atoms with E-state index < -0.39 is 0 Å². The molecule has 4 aromatic rings. The Hall–Kier alpha value is -3.67. The molecule has 2 N–H and O–H groups in total. The number of nitrogens with two attached hydrogens (primary N) is 1. The van der Waals surface area contributed by atoms with E-state index in [4.69, 9.17) is 10.7 Å². The molecule has 1 aromatic carbocycles. The Morgan fingerprint density at radius 3 is 1.79 bits per heavy atom. The Kier molecular flexibility index (Phi) is 6.01. The molecule has 5 nitrogen and oxygen atoms in total. The molecule has 0 bridgehead atoms. The molecule has 0 fully saturated rings. The van der Waals surface area contributed by atoms with Crippen molar-refractivity contribution in [1.29, 1.82) is 0 Å². The van der Waals surface area contributed by atoms with Gasteiger partial charge in [0.15, 0.2) is 5.82 Å². The topological polar surface area (TPSA) is 77.6 Å². The number of hydrogen-bond donors (Lipinski definition) is 1. The van der Waals surface area contributed by atoms with Crippen LogP contribution in [-0.2, 0) is 0 Å². The molecule has 6 heteroatoms. The standard InChI is InChI=1S/C20H14FN5.C2H6/c21-16-3-1-13(2-4-16)17-18(14-5-9-23-10-6-14)25-20(26-19(17)22)15-7-11-24-12-8-15;1-2/h1-12H,(H2,22,25,26);1-2H3. The van der Waals surface area contributed by atoms with Gasteiger partial charge in [0.05, 0.1) is 11.3 Å². The zero-order chi connectivity index (χ0) is 19.9. The zero-order valence-corrected chi connectivity index (χ0v) is 15.7. The number of nitrogens with zero attached hydrogens (tertiary/aromatic N) is 4. The van der Waals surface area contributed by atoms with Gasteiger partial charge >= 0.3 is 0 Å². The lowest BCUT2D eigenvalue weighted by Crippen LogP contribution is -2.03. The van der Waals surface area contributed by atoms with Gasteiger partial charge in [-0.15, -0.1) is 0 Å². The monoisotopic (exact) mass is 373 g/mol. The van der Waals surface area contributed by atoms with Gasteiger partial charge in [-0.3, -0.25) is 9.97 Å². The van der Waals surface area contributed by atoms with E-state index in [1.54, 1.807) is 36.9 Å². The lowest BCUT2D eigenvalue weighted by molar-refractivity contribution is 0.628. The second kappa shape index (κ2) is 8.81. The van der Waals surface area contributed by atoms with E-state index in [2.05, 4.69) is 15.0 Å². The summed E-state index contributed by atoms with van der Waals surface area (Å²) in [6.07, 6.45) is 6.73. The lowest BCUT2D eigenvalue weighted by atomic mass is 10.00. The summed E-state index contributed by atoms with van der Waals surface area (Å²) < 4.78 is 13.3. The first kappa shape index (κ1) is 19.1. The SMILES string of the molecule is CC.Nc1nc(-c2ccncc2)nc(-c2ccncc2)c1-c1ccc(F)cc1. The summed E-state index contributed by atoms with van der Waals surface area (Å²) in [7, 11) is 0. The molecule has 4 rings (SSSR count). The summed E-state index contributed by atoms with van der Waals surface area (Å²) in [6.45, 7) is 4.00. The fourth-order valence-corrected chi connectivity index (χ4v) is 2.73. The summed E-state index contributed by atoms with van der Waals surface area (Å²) in [4.78, 5) is 17.3. The Bertz CT molecular complexity index is 1040. The van der Waals surface area contributed by atoms with Crippen LogP contribution in [0.1, 0.15) is 13.8 Å². The van der Waals surface area contributed by atoms with Crippen LogP contribution in [0, 0.1) is 5.82 Å². The maximum Gasteiger partial charge on any atom is 0.162 e. The highest BCUT2D eigenvalue weighted by Gasteiger charge is 2.17. The molecule has 0 spiro atoms. The van der Waals surface area contributed by atoms with Gasteiger partial charge < -0.3 is 5.73 Å². The maximum absolute atomic E-state index is 13.3. The number of aromatic nitrogens is 4. The first-order valence-electron chi connectivity index (χ1n) is 8.96. The highest BCUT2D eigenvalue weighted by molar-refractivity contribution is 5.88. The molecule has 3 aromatic heterocycles. The summed E-state index contributed by atoms with van der Waals surface area (Å²) in [5.41, 5.74) is 10.0. The van der Waals surface area contributed by atoms with Gasteiger partial charge in [0.1, 0.15) is 11.6 Å². The van der Waals surface area contributed by atoms with Crippen LogP contribution in [-0.4, -0.2) is 19.9 Å². The average Bonchev–Trinajstić information content (AvgIpc) is 2.77. The van der Waals surface area contributed by atoms with Crippen molar-refractivity contribution in [2.24, 2.45) is 0 Å². The zero-order valence-electron chi connectivity index (χ0n) is 15.7. The van der Waals surface area contributed by atoms with E-state index in [9.17, 15) is 4.39 Å². The Balaban J connectivity index is 0.00000109. The normalized spacial score (nSPS) is 10.1. The molecule has 3 heterocycles. The van der Waals surface area contributed by atoms with Gasteiger partial charge in [-0.25, -0.2) is 14.4 Å². The summed E-state index contributed by atoms with van der Waals surface area (Å²) in [5, 5.41) is 0. The molecule has 0 saturated carbocycles. The molecular weight excluding hydrogens is 353 g/mol. The average molecular weight is 373 g/mol. The summed E-state index contributed by atoms with van der Waals surface area (Å²) in [6, 6.07) is 13.5. The summed E-state index contributed by atoms with van der Waals surface area (Å²) in [5.74, 6) is 0.514. The van der Waals surface area contributed by atoms with Crippen LogP contribution in [0.25, 0.3) is 33.8 Å². The Labute approximate surface area is 163 Å². The van der Waals surface area contributed by atoms with Crippen molar-refractivity contribution in [2.75, 3.05) is 5.73 Å². The molecule has 0 amide bonds. The number of pyridine rings is 2. The maximum atomic E-state index is 13.3. The minimum Gasteiger partial charge on any atom is -0.383 e. The van der Waals surface area contributed by atoms with E-state index in [0.29, 0.717) is 22.9 Å². The third-order valence-corrected chi connectivity index (χ3v) is 3.96. The molecular formula is C22H20FN5. The number of rotatable bonds is 3. The smallest absolute Gasteiger partial charge is 0.162 e.